The van der Waals surface area contributed by atoms with E-state index in [1.54, 1.807) is 0 Å². The molecule has 2 heteroatoms. The van der Waals surface area contributed by atoms with Gasteiger partial charge in [-0.2, -0.15) is 0 Å². The van der Waals surface area contributed by atoms with Crippen molar-refractivity contribution in [2.75, 3.05) is 0 Å². The molecule has 0 fully saturated rings. The summed E-state index contributed by atoms with van der Waals surface area (Å²) < 4.78 is 0. The largest absolute Gasteiger partial charge is 0.388 e. The molecule has 1 N–H and O–H groups in total. The van der Waals surface area contributed by atoms with E-state index in [9.17, 15) is 5.11 Å². The summed E-state index contributed by atoms with van der Waals surface area (Å²) >= 11 is 5.91. The van der Waals surface area contributed by atoms with Crippen LogP contribution >= 0.6 is 11.6 Å². The molecule has 0 amide bonds. The summed E-state index contributed by atoms with van der Waals surface area (Å²) in [5.74, 6) is 0. The lowest BCUT2D eigenvalue weighted by Crippen LogP contribution is -1.99. The quantitative estimate of drug-likeness (QED) is 0.868. The van der Waals surface area contributed by atoms with Crippen LogP contribution in [0.25, 0.3) is 0 Å². The minimum Gasteiger partial charge on any atom is -0.388 e. The van der Waals surface area contributed by atoms with Crippen LogP contribution in [0.2, 0.25) is 5.02 Å². The van der Waals surface area contributed by atoms with Crippen molar-refractivity contribution in [3.8, 4) is 0 Å². The molecule has 0 aromatic heterocycles. The minimum absolute atomic E-state index is 0.454. The Bertz CT molecular complexity index is 505. The highest BCUT2D eigenvalue weighted by Crippen LogP contribution is 2.22. The highest BCUT2D eigenvalue weighted by molar-refractivity contribution is 6.30. The molecule has 18 heavy (non-hydrogen) atoms. The first-order valence-electron chi connectivity index (χ1n) is 6.14. The second kappa shape index (κ2) is 6.03. The smallest absolute Gasteiger partial charge is 0.0793 e. The van der Waals surface area contributed by atoms with Crippen LogP contribution in [0.1, 0.15) is 29.2 Å². The van der Waals surface area contributed by atoms with E-state index in [4.69, 9.17) is 11.6 Å². The van der Waals surface area contributed by atoms with E-state index in [1.807, 2.05) is 24.3 Å². The number of hydrogen-bond acceptors (Lipinski definition) is 1. The maximum Gasteiger partial charge on any atom is 0.0793 e. The molecular formula is C16H17ClO. The molecule has 94 valence electrons. The molecule has 2 aromatic rings. The third-order valence-electron chi connectivity index (χ3n) is 3.06. The summed E-state index contributed by atoms with van der Waals surface area (Å²) in [5.41, 5.74) is 3.39. The molecule has 0 saturated heterocycles. The van der Waals surface area contributed by atoms with Crippen LogP contribution in [0.15, 0.2) is 48.5 Å². The minimum atomic E-state index is -0.454. The SMILES string of the molecule is Cc1ccc(CCC(O)c2cccc(Cl)c2)cc1. The molecule has 1 atom stereocenters. The van der Waals surface area contributed by atoms with E-state index in [1.165, 1.54) is 11.1 Å². The van der Waals surface area contributed by atoms with Gasteiger partial charge in [0.1, 0.15) is 0 Å². The molecule has 0 heterocycles. The van der Waals surface area contributed by atoms with Crippen LogP contribution in [0.3, 0.4) is 0 Å². The maximum atomic E-state index is 10.1. The van der Waals surface area contributed by atoms with Gasteiger partial charge >= 0.3 is 0 Å². The molecule has 0 radical (unpaired) electrons. The molecule has 0 bridgehead atoms. The van der Waals surface area contributed by atoms with Crippen LogP contribution in [0.4, 0.5) is 0 Å². The van der Waals surface area contributed by atoms with Crippen molar-refractivity contribution in [3.63, 3.8) is 0 Å². The lowest BCUT2D eigenvalue weighted by atomic mass is 10.0. The highest BCUT2D eigenvalue weighted by Gasteiger charge is 2.07. The van der Waals surface area contributed by atoms with E-state index in [0.717, 1.165) is 12.0 Å². The Balaban J connectivity index is 1.96. The summed E-state index contributed by atoms with van der Waals surface area (Å²) in [6.45, 7) is 2.07. The van der Waals surface area contributed by atoms with Crippen molar-refractivity contribution in [3.05, 3.63) is 70.2 Å². The van der Waals surface area contributed by atoms with Crippen molar-refractivity contribution < 1.29 is 5.11 Å². The van der Waals surface area contributed by atoms with Gasteiger partial charge in [0.25, 0.3) is 0 Å². The average Bonchev–Trinajstić information content (AvgIpc) is 2.38. The van der Waals surface area contributed by atoms with Crippen LogP contribution < -0.4 is 0 Å². The van der Waals surface area contributed by atoms with E-state index < -0.39 is 6.10 Å². The molecular weight excluding hydrogens is 244 g/mol. The van der Waals surface area contributed by atoms with E-state index in [2.05, 4.69) is 31.2 Å². The predicted octanol–water partition coefficient (Wildman–Crippen LogP) is 4.31. The summed E-state index contributed by atoms with van der Waals surface area (Å²) in [6, 6.07) is 15.8. The predicted molar refractivity (Wildman–Crippen MR) is 75.9 cm³/mol. The van der Waals surface area contributed by atoms with Crippen molar-refractivity contribution in [1.82, 2.24) is 0 Å². The zero-order valence-electron chi connectivity index (χ0n) is 10.4. The molecule has 1 unspecified atom stereocenters. The molecule has 1 nitrogen and oxygen atoms in total. The first-order chi connectivity index (χ1) is 8.65. The zero-order chi connectivity index (χ0) is 13.0. The van der Waals surface area contributed by atoms with Crippen molar-refractivity contribution in [2.24, 2.45) is 0 Å². The van der Waals surface area contributed by atoms with E-state index in [-0.39, 0.29) is 0 Å². The second-order valence-corrected chi connectivity index (χ2v) is 5.03. The Morgan fingerprint density at radius 3 is 2.50 bits per heavy atom. The monoisotopic (exact) mass is 260 g/mol. The number of hydrogen-bond donors (Lipinski definition) is 1. The Hall–Kier alpha value is -1.31. The molecule has 0 aliphatic carbocycles. The average molecular weight is 261 g/mol. The lowest BCUT2D eigenvalue weighted by Gasteiger charge is -2.11. The number of aryl methyl sites for hydroxylation is 2. The van der Waals surface area contributed by atoms with Crippen LogP contribution in [0.5, 0.6) is 0 Å². The van der Waals surface area contributed by atoms with Gasteiger partial charge in [0.05, 0.1) is 6.10 Å². The number of aliphatic hydroxyl groups is 1. The van der Waals surface area contributed by atoms with Gasteiger partial charge in [-0.3, -0.25) is 0 Å². The molecule has 0 saturated carbocycles. The fourth-order valence-electron chi connectivity index (χ4n) is 1.94. The topological polar surface area (TPSA) is 20.2 Å². The number of halogens is 1. The third kappa shape index (κ3) is 3.59. The summed E-state index contributed by atoms with van der Waals surface area (Å²) in [6.07, 6.45) is 1.13. The third-order valence-corrected chi connectivity index (χ3v) is 3.30. The van der Waals surface area contributed by atoms with Gasteiger partial charge in [-0.15, -0.1) is 0 Å². The fourth-order valence-corrected chi connectivity index (χ4v) is 2.14. The van der Waals surface area contributed by atoms with Gasteiger partial charge in [-0.05, 0) is 43.0 Å². The Labute approximate surface area is 113 Å². The van der Waals surface area contributed by atoms with Gasteiger partial charge in [0.15, 0.2) is 0 Å². The van der Waals surface area contributed by atoms with E-state index >= 15 is 0 Å². The molecule has 0 aliphatic rings. The number of aliphatic hydroxyl groups excluding tert-OH is 1. The summed E-state index contributed by atoms with van der Waals surface area (Å²) in [4.78, 5) is 0. The van der Waals surface area contributed by atoms with Gasteiger partial charge in [0, 0.05) is 5.02 Å². The first-order valence-corrected chi connectivity index (χ1v) is 6.52. The van der Waals surface area contributed by atoms with Gasteiger partial charge in [-0.1, -0.05) is 53.6 Å². The molecule has 2 aromatic carbocycles. The molecule has 0 spiro atoms. The Morgan fingerprint density at radius 2 is 1.83 bits per heavy atom. The second-order valence-electron chi connectivity index (χ2n) is 4.60. The van der Waals surface area contributed by atoms with Gasteiger partial charge in [0.2, 0.25) is 0 Å². The molecule has 2 rings (SSSR count). The summed E-state index contributed by atoms with van der Waals surface area (Å²) in [7, 11) is 0. The maximum absolute atomic E-state index is 10.1. The van der Waals surface area contributed by atoms with Crippen molar-refractivity contribution in [2.45, 2.75) is 25.9 Å². The summed E-state index contributed by atoms with van der Waals surface area (Å²) in [5, 5.41) is 10.8. The van der Waals surface area contributed by atoms with Crippen LogP contribution in [0, 0.1) is 6.92 Å². The van der Waals surface area contributed by atoms with E-state index in [0.29, 0.717) is 11.4 Å². The highest BCUT2D eigenvalue weighted by atomic mass is 35.5. The first kappa shape index (κ1) is 13.1. The van der Waals surface area contributed by atoms with Gasteiger partial charge < -0.3 is 5.11 Å². The van der Waals surface area contributed by atoms with Gasteiger partial charge in [-0.25, -0.2) is 0 Å². The number of rotatable bonds is 4. The van der Waals surface area contributed by atoms with Crippen molar-refractivity contribution in [1.29, 1.82) is 0 Å². The lowest BCUT2D eigenvalue weighted by molar-refractivity contribution is 0.168. The Morgan fingerprint density at radius 1 is 1.11 bits per heavy atom. The van der Waals surface area contributed by atoms with Crippen molar-refractivity contribution >= 4 is 11.6 Å². The normalized spacial score (nSPS) is 12.4. The van der Waals surface area contributed by atoms with Crippen LogP contribution in [-0.4, -0.2) is 5.11 Å². The fraction of sp³-hybridized carbons (Fsp3) is 0.250. The zero-order valence-corrected chi connectivity index (χ0v) is 11.2. The van der Waals surface area contributed by atoms with Crippen LogP contribution in [-0.2, 0) is 6.42 Å². The Kier molecular flexibility index (Phi) is 4.40. The molecule has 0 aliphatic heterocycles. The number of benzene rings is 2. The standard InChI is InChI=1S/C16H17ClO/c1-12-5-7-13(8-6-12)9-10-16(18)14-3-2-4-15(17)11-14/h2-8,11,16,18H,9-10H2,1H3.